The molecule has 0 saturated carbocycles. The van der Waals surface area contributed by atoms with Crippen LogP contribution >= 0.6 is 0 Å². The van der Waals surface area contributed by atoms with Crippen LogP contribution in [-0.4, -0.2) is 50.2 Å². The van der Waals surface area contributed by atoms with Gasteiger partial charge in [0.15, 0.2) is 0 Å². The number of aromatic nitrogens is 4. The summed E-state index contributed by atoms with van der Waals surface area (Å²) in [5.74, 6) is 1.10. The van der Waals surface area contributed by atoms with Gasteiger partial charge in [0.1, 0.15) is 5.82 Å². The zero-order valence-corrected chi connectivity index (χ0v) is 14.3. The molecule has 1 aliphatic rings. The van der Waals surface area contributed by atoms with Crippen molar-refractivity contribution in [1.29, 1.82) is 0 Å². The van der Waals surface area contributed by atoms with Crippen LogP contribution in [0.1, 0.15) is 37.8 Å². The minimum Gasteiger partial charge on any atom is -0.376 e. The lowest BCUT2D eigenvalue weighted by Crippen LogP contribution is -2.42. The normalized spacial score (nSPS) is 19.0. The maximum Gasteiger partial charge on any atom is 0.250 e. The van der Waals surface area contributed by atoms with Crippen molar-refractivity contribution in [3.8, 4) is 0 Å². The van der Waals surface area contributed by atoms with E-state index in [0.717, 1.165) is 50.6 Å². The van der Waals surface area contributed by atoms with Crippen molar-refractivity contribution in [2.75, 3.05) is 19.7 Å². The molecule has 0 aliphatic carbocycles. The second-order valence-electron chi connectivity index (χ2n) is 6.51. The molecule has 7 nitrogen and oxygen atoms in total. The summed E-state index contributed by atoms with van der Waals surface area (Å²) in [6.45, 7) is 7.72. The number of nitrogens with zero attached hydrogens (tertiary/aromatic N) is 4. The van der Waals surface area contributed by atoms with Gasteiger partial charge in [0, 0.05) is 43.3 Å². The Labute approximate surface area is 141 Å². The molecule has 1 N–H and O–H groups in total. The fourth-order valence-electron chi connectivity index (χ4n) is 3.09. The smallest absolute Gasteiger partial charge is 0.250 e. The molecule has 3 heterocycles. The van der Waals surface area contributed by atoms with Gasteiger partial charge in [-0.15, -0.1) is 0 Å². The molecule has 130 valence electrons. The van der Waals surface area contributed by atoms with Crippen LogP contribution in [-0.2, 0) is 17.7 Å². The largest absolute Gasteiger partial charge is 0.376 e. The quantitative estimate of drug-likeness (QED) is 0.865. The van der Waals surface area contributed by atoms with E-state index in [1.165, 1.54) is 6.33 Å². The highest BCUT2D eigenvalue weighted by atomic mass is 16.5. The number of hydrogen-bond acceptors (Lipinski definition) is 5. The van der Waals surface area contributed by atoms with Crippen molar-refractivity contribution in [1.82, 2.24) is 24.4 Å². The Kier molecular flexibility index (Phi) is 5.42. The predicted molar refractivity (Wildman–Crippen MR) is 90.8 cm³/mol. The second-order valence-corrected chi connectivity index (χ2v) is 6.51. The van der Waals surface area contributed by atoms with Crippen molar-refractivity contribution >= 4 is 0 Å². The Morgan fingerprint density at radius 3 is 3.08 bits per heavy atom. The third-order valence-corrected chi connectivity index (χ3v) is 4.35. The van der Waals surface area contributed by atoms with Crippen molar-refractivity contribution in [3.05, 3.63) is 46.7 Å². The molecule has 1 fully saturated rings. The first-order chi connectivity index (χ1) is 11.6. The van der Waals surface area contributed by atoms with E-state index >= 15 is 0 Å². The number of morpholine rings is 1. The molecule has 1 aliphatic heterocycles. The summed E-state index contributed by atoms with van der Waals surface area (Å²) in [4.78, 5) is 24.9. The molecule has 0 spiro atoms. The van der Waals surface area contributed by atoms with Gasteiger partial charge in [-0.3, -0.25) is 9.69 Å². The molecule has 24 heavy (non-hydrogen) atoms. The summed E-state index contributed by atoms with van der Waals surface area (Å²) in [5, 5.41) is 0. The van der Waals surface area contributed by atoms with E-state index < -0.39 is 0 Å². The predicted octanol–water partition coefficient (Wildman–Crippen LogP) is 1.38. The topological polar surface area (TPSA) is 76.0 Å². The number of H-pyrrole nitrogens is 1. The monoisotopic (exact) mass is 331 g/mol. The fraction of sp³-hybridized carbons (Fsp3) is 0.588. The highest BCUT2D eigenvalue weighted by Gasteiger charge is 2.22. The summed E-state index contributed by atoms with van der Waals surface area (Å²) in [5.41, 5.74) is 0.710. The summed E-state index contributed by atoms with van der Waals surface area (Å²) in [6, 6.07) is 1.97. The summed E-state index contributed by atoms with van der Waals surface area (Å²) in [6.07, 6.45) is 7.15. The van der Waals surface area contributed by atoms with Crippen LogP contribution in [0.4, 0.5) is 0 Å². The van der Waals surface area contributed by atoms with E-state index in [2.05, 4.69) is 38.3 Å². The van der Waals surface area contributed by atoms with Gasteiger partial charge in [0.05, 0.1) is 25.6 Å². The van der Waals surface area contributed by atoms with Crippen molar-refractivity contribution in [2.24, 2.45) is 0 Å². The molecule has 0 aromatic carbocycles. The number of rotatable bonds is 6. The van der Waals surface area contributed by atoms with E-state index in [1.807, 2.05) is 12.4 Å². The Hall–Kier alpha value is -1.99. The zero-order chi connectivity index (χ0) is 16.9. The first-order valence-corrected chi connectivity index (χ1v) is 8.51. The number of hydrogen-bond donors (Lipinski definition) is 1. The molecule has 2 aromatic heterocycles. The van der Waals surface area contributed by atoms with Crippen molar-refractivity contribution < 1.29 is 4.74 Å². The summed E-state index contributed by atoms with van der Waals surface area (Å²) in [7, 11) is 0. The number of nitrogens with one attached hydrogen (secondary N) is 1. The number of aryl methyl sites for hydroxylation is 1. The highest BCUT2D eigenvalue weighted by molar-refractivity contribution is 4.99. The minimum atomic E-state index is -0.105. The molecule has 0 amide bonds. The fourth-order valence-corrected chi connectivity index (χ4v) is 3.09. The van der Waals surface area contributed by atoms with E-state index in [0.29, 0.717) is 6.04 Å². The van der Waals surface area contributed by atoms with Crippen LogP contribution in [0.25, 0.3) is 0 Å². The third-order valence-electron chi connectivity index (χ3n) is 4.35. The highest BCUT2D eigenvalue weighted by Crippen LogP contribution is 2.15. The number of ether oxygens (including phenoxy) is 1. The van der Waals surface area contributed by atoms with Crippen LogP contribution in [0.3, 0.4) is 0 Å². The maximum absolute atomic E-state index is 11.3. The molecular weight excluding hydrogens is 306 g/mol. The summed E-state index contributed by atoms with van der Waals surface area (Å²) < 4.78 is 8.09. The van der Waals surface area contributed by atoms with Gasteiger partial charge < -0.3 is 14.3 Å². The average Bonchev–Trinajstić information content (AvgIpc) is 3.02. The zero-order valence-electron chi connectivity index (χ0n) is 14.3. The molecule has 1 atom stereocenters. The molecular formula is C17H25N5O2. The molecule has 0 radical (unpaired) electrons. The van der Waals surface area contributed by atoms with Gasteiger partial charge in [-0.1, -0.05) is 0 Å². The Morgan fingerprint density at radius 2 is 2.29 bits per heavy atom. The van der Waals surface area contributed by atoms with Crippen molar-refractivity contribution in [2.45, 2.75) is 45.4 Å². The van der Waals surface area contributed by atoms with Crippen LogP contribution in [0.15, 0.2) is 29.6 Å². The lowest BCUT2D eigenvalue weighted by molar-refractivity contribution is -0.0357. The number of imidazole rings is 1. The van der Waals surface area contributed by atoms with Crippen LogP contribution < -0.4 is 5.56 Å². The van der Waals surface area contributed by atoms with Crippen LogP contribution in [0.5, 0.6) is 0 Å². The van der Waals surface area contributed by atoms with Crippen LogP contribution in [0.2, 0.25) is 0 Å². The standard InChI is InChI=1S/C17H25N5O2/c1-13(2)22-6-5-18-16(22)11-21-7-8-24-15(10-21)4-3-14-9-17(23)20-12-19-14/h5-6,9,12-13,15H,3-4,7-8,10-11H2,1-2H3,(H,19,20,23)/t15-/m1/s1. The molecule has 3 rings (SSSR count). The molecule has 1 saturated heterocycles. The molecule has 0 unspecified atom stereocenters. The SMILES string of the molecule is CC(C)n1ccnc1CN1CCO[C@H](CCc2cc(=O)[nH]cn2)C1. The van der Waals surface area contributed by atoms with Gasteiger partial charge in [-0.25, -0.2) is 9.97 Å². The Bertz CT molecular complexity index is 709. The van der Waals surface area contributed by atoms with Crippen LogP contribution in [0, 0.1) is 0 Å². The minimum absolute atomic E-state index is 0.105. The van der Waals surface area contributed by atoms with E-state index in [1.54, 1.807) is 6.07 Å². The maximum atomic E-state index is 11.3. The van der Waals surface area contributed by atoms with Gasteiger partial charge in [-0.2, -0.15) is 0 Å². The first-order valence-electron chi connectivity index (χ1n) is 8.51. The molecule has 0 bridgehead atoms. The second kappa shape index (κ2) is 7.72. The third kappa shape index (κ3) is 4.30. The van der Waals surface area contributed by atoms with Crippen molar-refractivity contribution in [3.63, 3.8) is 0 Å². The van der Waals surface area contributed by atoms with E-state index in [9.17, 15) is 4.79 Å². The molecule has 2 aromatic rings. The Morgan fingerprint density at radius 1 is 1.42 bits per heavy atom. The van der Waals surface area contributed by atoms with Gasteiger partial charge in [0.25, 0.3) is 5.56 Å². The Balaban J connectivity index is 1.54. The van der Waals surface area contributed by atoms with E-state index in [-0.39, 0.29) is 11.7 Å². The molecule has 7 heteroatoms. The number of aromatic amines is 1. The summed E-state index contributed by atoms with van der Waals surface area (Å²) >= 11 is 0. The van der Waals surface area contributed by atoms with Gasteiger partial charge >= 0.3 is 0 Å². The average molecular weight is 331 g/mol. The van der Waals surface area contributed by atoms with Gasteiger partial charge in [-0.05, 0) is 26.7 Å². The van der Waals surface area contributed by atoms with E-state index in [4.69, 9.17) is 4.74 Å². The lowest BCUT2D eigenvalue weighted by atomic mass is 10.1. The lowest BCUT2D eigenvalue weighted by Gasteiger charge is -2.33. The van der Waals surface area contributed by atoms with Gasteiger partial charge in [0.2, 0.25) is 0 Å². The first kappa shape index (κ1) is 16.9.